The average Bonchev–Trinajstić information content (AvgIpc) is 2.04. The summed E-state index contributed by atoms with van der Waals surface area (Å²) in [7, 11) is 2.16. The summed E-state index contributed by atoms with van der Waals surface area (Å²) >= 11 is 5.13. The van der Waals surface area contributed by atoms with Gasteiger partial charge in [-0.3, -0.25) is 0 Å². The van der Waals surface area contributed by atoms with Gasteiger partial charge in [0.15, 0.2) is 5.11 Å². The van der Waals surface area contributed by atoms with Crippen molar-refractivity contribution in [1.82, 2.24) is 15.5 Å². The fourth-order valence-corrected chi connectivity index (χ4v) is 1.99. The third-order valence-electron chi connectivity index (χ3n) is 2.30. The summed E-state index contributed by atoms with van der Waals surface area (Å²) in [6, 6.07) is 0.533. The molecule has 0 saturated carbocycles. The number of hydrogen-bond donors (Lipinski definition) is 2. The van der Waals surface area contributed by atoms with Crippen LogP contribution in [-0.2, 0) is 0 Å². The Labute approximate surface area is 85.9 Å². The highest BCUT2D eigenvalue weighted by molar-refractivity contribution is 7.80. The summed E-state index contributed by atoms with van der Waals surface area (Å²) in [6.07, 6.45) is 2.50. The topological polar surface area (TPSA) is 27.3 Å². The molecule has 0 aliphatic carbocycles. The van der Waals surface area contributed by atoms with E-state index in [1.165, 1.54) is 19.4 Å². The molecule has 1 rings (SSSR count). The van der Waals surface area contributed by atoms with E-state index in [4.69, 9.17) is 12.2 Å². The van der Waals surface area contributed by atoms with Crippen molar-refractivity contribution in [1.29, 1.82) is 0 Å². The lowest BCUT2D eigenvalue weighted by atomic mass is 10.1. The second-order valence-electron chi connectivity index (χ2n) is 3.61. The summed E-state index contributed by atoms with van der Waals surface area (Å²) in [5.74, 6) is 0. The van der Waals surface area contributed by atoms with Crippen molar-refractivity contribution in [2.24, 2.45) is 0 Å². The summed E-state index contributed by atoms with van der Waals surface area (Å²) in [5.41, 5.74) is 0. The van der Waals surface area contributed by atoms with Gasteiger partial charge >= 0.3 is 0 Å². The maximum absolute atomic E-state index is 5.13. The van der Waals surface area contributed by atoms with Gasteiger partial charge in [0.2, 0.25) is 0 Å². The number of nitrogens with zero attached hydrogens (tertiary/aromatic N) is 1. The van der Waals surface area contributed by atoms with Crippen molar-refractivity contribution in [3.63, 3.8) is 0 Å². The molecule has 1 fully saturated rings. The second kappa shape index (κ2) is 5.40. The standard InChI is InChI=1S/C9H19N3S/c1-3-10-9(13)11-8-5-4-6-12(2)7-8/h8H,3-7H2,1-2H3,(H2,10,11,13). The monoisotopic (exact) mass is 201 g/mol. The predicted molar refractivity (Wildman–Crippen MR) is 59.9 cm³/mol. The molecular weight excluding hydrogens is 182 g/mol. The van der Waals surface area contributed by atoms with Gasteiger partial charge in [-0.2, -0.15) is 0 Å². The molecule has 4 heteroatoms. The van der Waals surface area contributed by atoms with Crippen LogP contribution in [0.25, 0.3) is 0 Å². The Kier molecular flexibility index (Phi) is 4.45. The minimum absolute atomic E-state index is 0.533. The van der Waals surface area contributed by atoms with Gasteiger partial charge in [0.1, 0.15) is 0 Å². The molecule has 1 atom stereocenters. The first-order valence-corrected chi connectivity index (χ1v) is 5.36. The van der Waals surface area contributed by atoms with Crippen molar-refractivity contribution in [3.8, 4) is 0 Å². The van der Waals surface area contributed by atoms with Gasteiger partial charge < -0.3 is 15.5 Å². The van der Waals surface area contributed by atoms with Crippen molar-refractivity contribution in [2.75, 3.05) is 26.7 Å². The molecule has 13 heavy (non-hydrogen) atoms. The zero-order chi connectivity index (χ0) is 9.68. The fourth-order valence-electron chi connectivity index (χ4n) is 1.68. The van der Waals surface area contributed by atoms with E-state index < -0.39 is 0 Å². The van der Waals surface area contributed by atoms with E-state index in [0.29, 0.717) is 6.04 Å². The average molecular weight is 201 g/mol. The minimum atomic E-state index is 0.533. The van der Waals surface area contributed by atoms with Gasteiger partial charge in [-0.1, -0.05) is 0 Å². The summed E-state index contributed by atoms with van der Waals surface area (Å²) in [5, 5.41) is 7.23. The second-order valence-corrected chi connectivity index (χ2v) is 4.01. The van der Waals surface area contributed by atoms with Crippen molar-refractivity contribution in [2.45, 2.75) is 25.8 Å². The van der Waals surface area contributed by atoms with Gasteiger partial charge in [0, 0.05) is 19.1 Å². The molecule has 0 aromatic carbocycles. The van der Waals surface area contributed by atoms with Gasteiger partial charge in [-0.15, -0.1) is 0 Å². The molecule has 3 nitrogen and oxygen atoms in total. The van der Waals surface area contributed by atoms with Crippen LogP contribution < -0.4 is 10.6 Å². The number of likely N-dealkylation sites (tertiary alicyclic amines) is 1. The van der Waals surface area contributed by atoms with E-state index in [9.17, 15) is 0 Å². The first-order chi connectivity index (χ1) is 6.22. The van der Waals surface area contributed by atoms with E-state index in [0.717, 1.165) is 18.2 Å². The van der Waals surface area contributed by atoms with E-state index in [1.54, 1.807) is 0 Å². The Morgan fingerprint density at radius 2 is 2.38 bits per heavy atom. The van der Waals surface area contributed by atoms with Crippen molar-refractivity contribution < 1.29 is 0 Å². The zero-order valence-electron chi connectivity index (χ0n) is 8.47. The highest BCUT2D eigenvalue weighted by Crippen LogP contribution is 2.07. The lowest BCUT2D eigenvalue weighted by Gasteiger charge is -2.30. The van der Waals surface area contributed by atoms with Crippen LogP contribution in [-0.4, -0.2) is 42.7 Å². The SMILES string of the molecule is CCNC(=S)NC1CCCN(C)C1. The van der Waals surface area contributed by atoms with Gasteiger partial charge in [0.05, 0.1) is 0 Å². The Morgan fingerprint density at radius 3 is 3.00 bits per heavy atom. The number of likely N-dealkylation sites (N-methyl/N-ethyl adjacent to an activating group) is 1. The predicted octanol–water partition coefficient (Wildman–Crippen LogP) is 0.565. The zero-order valence-corrected chi connectivity index (χ0v) is 9.28. The molecule has 0 aromatic heterocycles. The maximum atomic E-state index is 5.13. The van der Waals surface area contributed by atoms with Crippen LogP contribution in [0, 0.1) is 0 Å². The number of thiocarbonyl (C=S) groups is 1. The normalized spacial score (nSPS) is 24.0. The summed E-state index contributed by atoms with van der Waals surface area (Å²) < 4.78 is 0. The Morgan fingerprint density at radius 1 is 1.62 bits per heavy atom. The number of nitrogens with one attached hydrogen (secondary N) is 2. The molecule has 0 aromatic rings. The minimum Gasteiger partial charge on any atom is -0.363 e. The Bertz CT molecular complexity index is 172. The lowest BCUT2D eigenvalue weighted by Crippen LogP contribution is -2.49. The molecule has 1 aliphatic heterocycles. The number of piperidine rings is 1. The summed E-state index contributed by atoms with van der Waals surface area (Å²) in [6.45, 7) is 5.27. The maximum Gasteiger partial charge on any atom is 0.166 e. The van der Waals surface area contributed by atoms with Crippen LogP contribution in [0.2, 0.25) is 0 Å². The molecule has 1 heterocycles. The third-order valence-corrected chi connectivity index (χ3v) is 2.56. The molecule has 1 saturated heterocycles. The van der Waals surface area contributed by atoms with Crippen molar-refractivity contribution in [3.05, 3.63) is 0 Å². The summed E-state index contributed by atoms with van der Waals surface area (Å²) in [4.78, 5) is 2.34. The van der Waals surface area contributed by atoms with Crippen LogP contribution in [0.4, 0.5) is 0 Å². The highest BCUT2D eigenvalue weighted by Gasteiger charge is 2.16. The van der Waals surface area contributed by atoms with Gasteiger partial charge in [0.25, 0.3) is 0 Å². The lowest BCUT2D eigenvalue weighted by molar-refractivity contribution is 0.241. The van der Waals surface area contributed by atoms with Crippen LogP contribution in [0.3, 0.4) is 0 Å². The van der Waals surface area contributed by atoms with Crippen LogP contribution in [0.5, 0.6) is 0 Å². The van der Waals surface area contributed by atoms with E-state index in [-0.39, 0.29) is 0 Å². The fraction of sp³-hybridized carbons (Fsp3) is 0.889. The number of rotatable bonds is 2. The Hall–Kier alpha value is -0.350. The number of hydrogen-bond acceptors (Lipinski definition) is 2. The van der Waals surface area contributed by atoms with Gasteiger partial charge in [-0.25, -0.2) is 0 Å². The highest BCUT2D eigenvalue weighted by atomic mass is 32.1. The van der Waals surface area contributed by atoms with Crippen molar-refractivity contribution >= 4 is 17.3 Å². The van der Waals surface area contributed by atoms with E-state index in [1.807, 2.05) is 0 Å². The van der Waals surface area contributed by atoms with E-state index in [2.05, 4.69) is 29.5 Å². The molecule has 0 radical (unpaired) electrons. The quantitative estimate of drug-likeness (QED) is 0.639. The first-order valence-electron chi connectivity index (χ1n) is 4.95. The molecule has 1 unspecified atom stereocenters. The van der Waals surface area contributed by atoms with Crippen LogP contribution >= 0.6 is 12.2 Å². The largest absolute Gasteiger partial charge is 0.363 e. The van der Waals surface area contributed by atoms with Crippen LogP contribution in [0.15, 0.2) is 0 Å². The molecule has 0 spiro atoms. The first kappa shape index (κ1) is 10.7. The van der Waals surface area contributed by atoms with E-state index >= 15 is 0 Å². The smallest absolute Gasteiger partial charge is 0.166 e. The molecular formula is C9H19N3S. The molecule has 0 amide bonds. The Balaban J connectivity index is 2.23. The third kappa shape index (κ3) is 3.91. The molecule has 0 bridgehead atoms. The van der Waals surface area contributed by atoms with Crippen LogP contribution in [0.1, 0.15) is 19.8 Å². The molecule has 1 aliphatic rings. The molecule has 2 N–H and O–H groups in total. The van der Waals surface area contributed by atoms with Gasteiger partial charge in [-0.05, 0) is 45.6 Å². The molecule has 76 valence electrons.